The van der Waals surface area contributed by atoms with Crippen LogP contribution in [0.2, 0.25) is 0 Å². The summed E-state index contributed by atoms with van der Waals surface area (Å²) in [6.07, 6.45) is 3.44. The number of aryl methyl sites for hydroxylation is 1. The molecule has 1 aliphatic rings. The number of hydrogen-bond acceptors (Lipinski definition) is 3. The van der Waals surface area contributed by atoms with Crippen molar-refractivity contribution in [2.45, 2.75) is 37.8 Å². The third-order valence-corrected chi connectivity index (χ3v) is 4.32. The molecule has 3 heteroatoms. The van der Waals surface area contributed by atoms with E-state index in [2.05, 4.69) is 19.1 Å². The van der Waals surface area contributed by atoms with Gasteiger partial charge in [-0.1, -0.05) is 0 Å². The lowest BCUT2D eigenvalue weighted by Crippen LogP contribution is -2.48. The minimum atomic E-state index is -0.0721. The normalized spacial score (nSPS) is 21.6. The van der Waals surface area contributed by atoms with Gasteiger partial charge in [0.1, 0.15) is 0 Å². The molecule has 2 N–H and O–H groups in total. The SMILES string of the molecule is COC1(C(N)c2ccc(C)s2)CCC1. The van der Waals surface area contributed by atoms with Gasteiger partial charge in [0.05, 0.1) is 11.6 Å². The lowest BCUT2D eigenvalue weighted by molar-refractivity contribution is -0.0904. The average Bonchev–Trinajstić information content (AvgIpc) is 2.50. The summed E-state index contributed by atoms with van der Waals surface area (Å²) in [4.78, 5) is 2.57. The molecule has 1 aromatic rings. The van der Waals surface area contributed by atoms with Gasteiger partial charge in [0.25, 0.3) is 0 Å². The second kappa shape index (κ2) is 3.65. The smallest absolute Gasteiger partial charge is 0.0878 e. The molecule has 1 heterocycles. The molecule has 2 nitrogen and oxygen atoms in total. The number of ether oxygens (including phenoxy) is 1. The van der Waals surface area contributed by atoms with Gasteiger partial charge in [-0.15, -0.1) is 11.3 Å². The molecule has 78 valence electrons. The Labute approximate surface area is 89.1 Å². The van der Waals surface area contributed by atoms with Crippen molar-refractivity contribution in [3.05, 3.63) is 21.9 Å². The molecule has 0 aromatic carbocycles. The van der Waals surface area contributed by atoms with Crippen LogP contribution in [-0.4, -0.2) is 12.7 Å². The second-order valence-corrected chi connectivity index (χ2v) is 5.37. The Morgan fingerprint density at radius 3 is 2.57 bits per heavy atom. The first-order chi connectivity index (χ1) is 6.68. The first-order valence-electron chi connectivity index (χ1n) is 5.05. The zero-order chi connectivity index (χ0) is 10.2. The Morgan fingerprint density at radius 2 is 2.21 bits per heavy atom. The standard InChI is InChI=1S/C11H17NOS/c1-8-4-5-9(14-8)10(12)11(13-2)6-3-7-11/h4-5,10H,3,6-7,12H2,1-2H3. The van der Waals surface area contributed by atoms with Gasteiger partial charge in [-0.3, -0.25) is 0 Å². The molecular formula is C11H17NOS. The molecule has 2 rings (SSSR count). The van der Waals surface area contributed by atoms with Gasteiger partial charge in [0.15, 0.2) is 0 Å². The van der Waals surface area contributed by atoms with Gasteiger partial charge in [0.2, 0.25) is 0 Å². The van der Waals surface area contributed by atoms with Crippen molar-refractivity contribution >= 4 is 11.3 Å². The molecule has 14 heavy (non-hydrogen) atoms. The Balaban J connectivity index is 2.18. The largest absolute Gasteiger partial charge is 0.376 e. The van der Waals surface area contributed by atoms with E-state index in [9.17, 15) is 0 Å². The van der Waals surface area contributed by atoms with Gasteiger partial charge < -0.3 is 10.5 Å². The third-order valence-electron chi connectivity index (χ3n) is 3.24. The van der Waals surface area contributed by atoms with Crippen LogP contribution in [0.3, 0.4) is 0 Å². The summed E-state index contributed by atoms with van der Waals surface area (Å²) in [6, 6.07) is 4.31. The summed E-state index contributed by atoms with van der Waals surface area (Å²) >= 11 is 1.78. The summed E-state index contributed by atoms with van der Waals surface area (Å²) < 4.78 is 5.58. The highest BCUT2D eigenvalue weighted by atomic mass is 32.1. The quantitative estimate of drug-likeness (QED) is 0.834. The molecular weight excluding hydrogens is 194 g/mol. The van der Waals surface area contributed by atoms with Crippen molar-refractivity contribution in [2.75, 3.05) is 7.11 Å². The summed E-state index contributed by atoms with van der Waals surface area (Å²) in [7, 11) is 1.78. The van der Waals surface area contributed by atoms with Crippen LogP contribution in [-0.2, 0) is 4.74 Å². The summed E-state index contributed by atoms with van der Waals surface area (Å²) in [5, 5.41) is 0. The van der Waals surface area contributed by atoms with Crippen LogP contribution in [0.25, 0.3) is 0 Å². The monoisotopic (exact) mass is 211 g/mol. The van der Waals surface area contributed by atoms with Gasteiger partial charge in [-0.2, -0.15) is 0 Å². The van der Waals surface area contributed by atoms with E-state index in [0.29, 0.717) is 0 Å². The number of rotatable bonds is 3. The maximum absolute atomic E-state index is 6.24. The van der Waals surface area contributed by atoms with E-state index in [1.54, 1.807) is 18.4 Å². The second-order valence-electron chi connectivity index (χ2n) is 4.05. The number of methoxy groups -OCH3 is 1. The fourth-order valence-electron chi connectivity index (χ4n) is 2.05. The summed E-state index contributed by atoms with van der Waals surface area (Å²) in [5.41, 5.74) is 6.17. The van der Waals surface area contributed by atoms with Crippen molar-refractivity contribution in [1.29, 1.82) is 0 Å². The molecule has 0 aliphatic heterocycles. The zero-order valence-electron chi connectivity index (χ0n) is 8.75. The summed E-state index contributed by atoms with van der Waals surface area (Å²) in [6.45, 7) is 2.11. The first-order valence-corrected chi connectivity index (χ1v) is 5.87. The van der Waals surface area contributed by atoms with Crippen LogP contribution < -0.4 is 5.73 Å². The lowest BCUT2D eigenvalue weighted by atomic mass is 9.74. The molecule has 1 aromatic heterocycles. The van der Waals surface area contributed by atoms with Gasteiger partial charge in [-0.05, 0) is 38.3 Å². The zero-order valence-corrected chi connectivity index (χ0v) is 9.56. The van der Waals surface area contributed by atoms with Crippen LogP contribution in [0.4, 0.5) is 0 Å². The number of hydrogen-bond donors (Lipinski definition) is 1. The number of thiophene rings is 1. The van der Waals surface area contributed by atoms with E-state index < -0.39 is 0 Å². The van der Waals surface area contributed by atoms with Crippen molar-refractivity contribution < 1.29 is 4.74 Å². The minimum Gasteiger partial charge on any atom is -0.376 e. The van der Waals surface area contributed by atoms with E-state index in [0.717, 1.165) is 12.8 Å². The van der Waals surface area contributed by atoms with E-state index in [4.69, 9.17) is 10.5 Å². The summed E-state index contributed by atoms with van der Waals surface area (Å²) in [5.74, 6) is 0. The van der Waals surface area contributed by atoms with Gasteiger partial charge >= 0.3 is 0 Å². The molecule has 0 amide bonds. The highest BCUT2D eigenvalue weighted by Crippen LogP contribution is 2.44. The molecule has 0 saturated heterocycles. The predicted molar refractivity (Wildman–Crippen MR) is 59.6 cm³/mol. The van der Waals surface area contributed by atoms with Crippen LogP contribution in [0.5, 0.6) is 0 Å². The van der Waals surface area contributed by atoms with Crippen LogP contribution in [0.1, 0.15) is 35.1 Å². The number of nitrogens with two attached hydrogens (primary N) is 1. The van der Waals surface area contributed by atoms with Crippen molar-refractivity contribution in [3.8, 4) is 0 Å². The molecule has 1 unspecified atom stereocenters. The molecule has 1 saturated carbocycles. The maximum Gasteiger partial charge on any atom is 0.0878 e. The van der Waals surface area contributed by atoms with E-state index in [-0.39, 0.29) is 11.6 Å². The topological polar surface area (TPSA) is 35.2 Å². The first kappa shape index (κ1) is 10.1. The Bertz CT molecular complexity index is 311. The minimum absolute atomic E-state index is 0.0555. The van der Waals surface area contributed by atoms with Crippen LogP contribution >= 0.6 is 11.3 Å². The molecule has 0 spiro atoms. The molecule has 0 bridgehead atoms. The Hall–Kier alpha value is -0.380. The van der Waals surface area contributed by atoms with Crippen molar-refractivity contribution in [2.24, 2.45) is 5.73 Å². The van der Waals surface area contributed by atoms with Crippen molar-refractivity contribution in [3.63, 3.8) is 0 Å². The molecule has 1 atom stereocenters. The molecule has 0 radical (unpaired) electrons. The maximum atomic E-state index is 6.24. The Kier molecular flexibility index (Phi) is 2.64. The highest BCUT2D eigenvalue weighted by Gasteiger charge is 2.43. The highest BCUT2D eigenvalue weighted by molar-refractivity contribution is 7.12. The van der Waals surface area contributed by atoms with Crippen LogP contribution in [0, 0.1) is 6.92 Å². The predicted octanol–water partition coefficient (Wildman–Crippen LogP) is 2.63. The molecule has 1 aliphatic carbocycles. The fourth-order valence-corrected chi connectivity index (χ4v) is 3.03. The third kappa shape index (κ3) is 1.49. The van der Waals surface area contributed by atoms with E-state index in [1.807, 2.05) is 0 Å². The molecule has 1 fully saturated rings. The van der Waals surface area contributed by atoms with Gasteiger partial charge in [-0.25, -0.2) is 0 Å². The van der Waals surface area contributed by atoms with Crippen molar-refractivity contribution in [1.82, 2.24) is 0 Å². The van der Waals surface area contributed by atoms with Gasteiger partial charge in [0, 0.05) is 16.9 Å². The fraction of sp³-hybridized carbons (Fsp3) is 0.636. The van der Waals surface area contributed by atoms with Crippen LogP contribution in [0.15, 0.2) is 12.1 Å². The Morgan fingerprint density at radius 1 is 1.50 bits per heavy atom. The van der Waals surface area contributed by atoms with E-state index in [1.165, 1.54) is 16.2 Å². The van der Waals surface area contributed by atoms with E-state index >= 15 is 0 Å². The lowest BCUT2D eigenvalue weighted by Gasteiger charge is -2.44. The average molecular weight is 211 g/mol.